The van der Waals surface area contributed by atoms with Gasteiger partial charge < -0.3 is 4.74 Å². The van der Waals surface area contributed by atoms with Crippen LogP contribution in [0.5, 0.6) is 5.75 Å². The summed E-state index contributed by atoms with van der Waals surface area (Å²) in [6.07, 6.45) is 0. The molecule has 2 heterocycles. The van der Waals surface area contributed by atoms with Crippen LogP contribution >= 0.6 is 11.3 Å². The quantitative estimate of drug-likeness (QED) is 0.795. The Labute approximate surface area is 124 Å². The van der Waals surface area contributed by atoms with E-state index in [0.29, 0.717) is 21.7 Å². The molecule has 0 radical (unpaired) electrons. The lowest BCUT2D eigenvalue weighted by molar-refractivity contribution is -0.118. The second-order valence-corrected chi connectivity index (χ2v) is 5.45. The molecular formula is C13H13N5O2S. The first-order chi connectivity index (χ1) is 10.1. The van der Waals surface area contributed by atoms with Crippen LogP contribution in [-0.4, -0.2) is 32.3 Å². The Kier molecular flexibility index (Phi) is 3.53. The molecule has 0 bridgehead atoms. The number of fused-ring (bicyclic) bond motifs is 1. The van der Waals surface area contributed by atoms with Gasteiger partial charge in [0.15, 0.2) is 12.4 Å². The average Bonchev–Trinajstić information content (AvgIpc) is 3.00. The van der Waals surface area contributed by atoms with E-state index in [2.05, 4.69) is 20.6 Å². The number of carbonyl (C=O) groups is 1. The summed E-state index contributed by atoms with van der Waals surface area (Å²) >= 11 is 1.26. The molecule has 0 aliphatic rings. The third-order valence-electron chi connectivity index (χ3n) is 2.78. The zero-order valence-electron chi connectivity index (χ0n) is 11.5. The van der Waals surface area contributed by atoms with Crippen LogP contribution in [0.25, 0.3) is 4.96 Å². The fraction of sp³-hybridized carbons (Fsp3) is 0.231. The molecule has 2 aromatic heterocycles. The number of anilines is 1. The van der Waals surface area contributed by atoms with Gasteiger partial charge in [0.25, 0.3) is 5.91 Å². The Hall–Kier alpha value is -2.48. The van der Waals surface area contributed by atoms with Crippen molar-refractivity contribution in [2.45, 2.75) is 13.8 Å². The highest BCUT2D eigenvalue weighted by molar-refractivity contribution is 7.20. The van der Waals surface area contributed by atoms with Crippen molar-refractivity contribution in [3.05, 3.63) is 35.7 Å². The van der Waals surface area contributed by atoms with Gasteiger partial charge in [0.05, 0.1) is 0 Å². The number of benzene rings is 1. The van der Waals surface area contributed by atoms with Gasteiger partial charge >= 0.3 is 0 Å². The SMILES string of the molecule is Cc1ccc(OCC(=O)Nc2nn3c(C)nnc3s2)cc1. The molecule has 108 valence electrons. The maximum absolute atomic E-state index is 11.8. The number of aryl methyl sites for hydroxylation is 2. The lowest BCUT2D eigenvalue weighted by atomic mass is 10.2. The van der Waals surface area contributed by atoms with Crippen LogP contribution in [0.15, 0.2) is 24.3 Å². The van der Waals surface area contributed by atoms with Gasteiger partial charge in [0.1, 0.15) is 5.75 Å². The summed E-state index contributed by atoms with van der Waals surface area (Å²) < 4.78 is 6.99. The predicted molar refractivity (Wildman–Crippen MR) is 78.7 cm³/mol. The van der Waals surface area contributed by atoms with E-state index in [1.54, 1.807) is 11.4 Å². The molecule has 0 atom stereocenters. The van der Waals surface area contributed by atoms with Crippen molar-refractivity contribution >= 4 is 27.3 Å². The number of nitrogens with zero attached hydrogens (tertiary/aromatic N) is 4. The molecule has 0 spiro atoms. The first kappa shape index (κ1) is 13.5. The van der Waals surface area contributed by atoms with Crippen molar-refractivity contribution in [1.82, 2.24) is 19.8 Å². The molecule has 0 unspecified atom stereocenters. The fourth-order valence-corrected chi connectivity index (χ4v) is 2.51. The van der Waals surface area contributed by atoms with Crippen LogP contribution in [0.1, 0.15) is 11.4 Å². The molecule has 1 aromatic carbocycles. The van der Waals surface area contributed by atoms with Crippen molar-refractivity contribution in [3.8, 4) is 5.75 Å². The lowest BCUT2D eigenvalue weighted by Crippen LogP contribution is -2.20. The zero-order chi connectivity index (χ0) is 14.8. The van der Waals surface area contributed by atoms with Crippen molar-refractivity contribution in [2.24, 2.45) is 0 Å². The zero-order valence-corrected chi connectivity index (χ0v) is 12.3. The van der Waals surface area contributed by atoms with Gasteiger partial charge in [-0.2, -0.15) is 4.52 Å². The van der Waals surface area contributed by atoms with E-state index in [4.69, 9.17) is 4.74 Å². The summed E-state index contributed by atoms with van der Waals surface area (Å²) in [6, 6.07) is 7.52. The Morgan fingerprint density at radius 1 is 1.29 bits per heavy atom. The predicted octanol–water partition coefficient (Wildman–Crippen LogP) is 1.82. The van der Waals surface area contributed by atoms with Crippen LogP contribution in [0, 0.1) is 13.8 Å². The number of hydrogen-bond acceptors (Lipinski definition) is 6. The molecule has 0 fully saturated rings. The van der Waals surface area contributed by atoms with Crippen molar-refractivity contribution in [1.29, 1.82) is 0 Å². The average molecular weight is 303 g/mol. The summed E-state index contributed by atoms with van der Waals surface area (Å²) in [6.45, 7) is 3.72. The molecule has 21 heavy (non-hydrogen) atoms. The molecule has 0 aliphatic carbocycles. The Morgan fingerprint density at radius 2 is 2.05 bits per heavy atom. The first-order valence-corrected chi connectivity index (χ1v) is 7.11. The van der Waals surface area contributed by atoms with E-state index in [1.807, 2.05) is 31.2 Å². The van der Waals surface area contributed by atoms with Crippen LogP contribution < -0.4 is 10.1 Å². The van der Waals surface area contributed by atoms with Gasteiger partial charge in [-0.05, 0) is 26.0 Å². The van der Waals surface area contributed by atoms with Gasteiger partial charge in [0.2, 0.25) is 10.1 Å². The van der Waals surface area contributed by atoms with Crippen LogP contribution in [0.4, 0.5) is 5.13 Å². The van der Waals surface area contributed by atoms with E-state index in [9.17, 15) is 4.79 Å². The summed E-state index contributed by atoms with van der Waals surface area (Å²) in [5.74, 6) is 1.07. The highest BCUT2D eigenvalue weighted by Crippen LogP contribution is 2.18. The number of carbonyl (C=O) groups excluding carboxylic acids is 1. The number of amides is 1. The van der Waals surface area contributed by atoms with Crippen LogP contribution in [-0.2, 0) is 4.79 Å². The molecule has 1 N–H and O–H groups in total. The molecular weight excluding hydrogens is 290 g/mol. The number of ether oxygens (including phenoxy) is 1. The second kappa shape index (κ2) is 5.49. The van der Waals surface area contributed by atoms with E-state index < -0.39 is 0 Å². The minimum atomic E-state index is -0.266. The minimum absolute atomic E-state index is 0.0673. The second-order valence-electron chi connectivity index (χ2n) is 4.50. The Morgan fingerprint density at radius 3 is 2.76 bits per heavy atom. The van der Waals surface area contributed by atoms with Crippen molar-refractivity contribution in [2.75, 3.05) is 11.9 Å². The summed E-state index contributed by atoms with van der Waals surface area (Å²) in [4.78, 5) is 12.5. The van der Waals surface area contributed by atoms with E-state index in [1.165, 1.54) is 11.3 Å². The van der Waals surface area contributed by atoms with Crippen LogP contribution in [0.3, 0.4) is 0 Å². The topological polar surface area (TPSA) is 81.4 Å². The maximum atomic E-state index is 11.8. The molecule has 8 heteroatoms. The smallest absolute Gasteiger partial charge is 0.264 e. The third kappa shape index (κ3) is 3.00. The summed E-state index contributed by atoms with van der Waals surface area (Å²) in [5, 5.41) is 15.2. The standard InChI is InChI=1S/C13H13N5O2S/c1-8-3-5-10(6-4-8)20-7-11(19)14-12-17-18-9(2)15-16-13(18)21-12/h3-6H,7H2,1-2H3,(H,14,17,19). The third-order valence-corrected chi connectivity index (χ3v) is 3.60. The van der Waals surface area contributed by atoms with Gasteiger partial charge in [0, 0.05) is 0 Å². The van der Waals surface area contributed by atoms with Crippen molar-refractivity contribution < 1.29 is 9.53 Å². The summed E-state index contributed by atoms with van der Waals surface area (Å²) in [5.41, 5.74) is 1.14. The maximum Gasteiger partial charge on any atom is 0.264 e. The first-order valence-electron chi connectivity index (χ1n) is 6.30. The van der Waals surface area contributed by atoms with Crippen LogP contribution in [0.2, 0.25) is 0 Å². The Bertz CT molecular complexity index is 778. The van der Waals surface area contributed by atoms with E-state index in [-0.39, 0.29) is 12.5 Å². The van der Waals surface area contributed by atoms with E-state index in [0.717, 1.165) is 5.56 Å². The molecule has 7 nitrogen and oxygen atoms in total. The highest BCUT2D eigenvalue weighted by atomic mass is 32.1. The van der Waals surface area contributed by atoms with E-state index >= 15 is 0 Å². The number of hydrogen-bond donors (Lipinski definition) is 1. The normalized spacial score (nSPS) is 10.8. The molecule has 0 saturated carbocycles. The molecule has 0 aliphatic heterocycles. The van der Waals surface area contributed by atoms with Gasteiger partial charge in [-0.15, -0.1) is 15.3 Å². The fourth-order valence-electron chi connectivity index (χ4n) is 1.70. The van der Waals surface area contributed by atoms with Gasteiger partial charge in [-0.3, -0.25) is 10.1 Å². The summed E-state index contributed by atoms with van der Waals surface area (Å²) in [7, 11) is 0. The molecule has 3 rings (SSSR count). The van der Waals surface area contributed by atoms with Crippen molar-refractivity contribution in [3.63, 3.8) is 0 Å². The minimum Gasteiger partial charge on any atom is -0.484 e. The largest absolute Gasteiger partial charge is 0.484 e. The Balaban J connectivity index is 1.59. The monoisotopic (exact) mass is 303 g/mol. The van der Waals surface area contributed by atoms with Gasteiger partial charge in [-0.25, -0.2) is 0 Å². The molecule has 3 aromatic rings. The lowest BCUT2D eigenvalue weighted by Gasteiger charge is -2.05. The number of aromatic nitrogens is 4. The highest BCUT2D eigenvalue weighted by Gasteiger charge is 2.11. The number of nitrogens with one attached hydrogen (secondary N) is 1. The molecule has 1 amide bonds. The number of rotatable bonds is 4. The van der Waals surface area contributed by atoms with Gasteiger partial charge in [-0.1, -0.05) is 29.0 Å². The molecule has 0 saturated heterocycles.